The van der Waals surface area contributed by atoms with Crippen molar-refractivity contribution in [3.63, 3.8) is 0 Å². The minimum absolute atomic E-state index is 0.124. The summed E-state index contributed by atoms with van der Waals surface area (Å²) in [6.07, 6.45) is 20.1. The van der Waals surface area contributed by atoms with Crippen LogP contribution in [0.3, 0.4) is 0 Å². The van der Waals surface area contributed by atoms with Gasteiger partial charge in [-0.3, -0.25) is 9.98 Å². The summed E-state index contributed by atoms with van der Waals surface area (Å²) in [7, 11) is 0. The van der Waals surface area contributed by atoms with Crippen molar-refractivity contribution in [2.45, 2.75) is 128 Å². The van der Waals surface area contributed by atoms with Crippen molar-refractivity contribution >= 4 is 90.2 Å². The lowest BCUT2D eigenvalue weighted by molar-refractivity contribution is -0.138. The van der Waals surface area contributed by atoms with Crippen LogP contribution in [-0.4, -0.2) is 115 Å². The first-order valence-electron chi connectivity index (χ1n) is 35.4. The van der Waals surface area contributed by atoms with Crippen molar-refractivity contribution in [2.75, 3.05) is 86.2 Å². The number of nitrogens with zero attached hydrogens (tertiary/aromatic N) is 17. The molecule has 14 rings (SSSR count). The maximum atomic E-state index is 13.1. The Labute approximate surface area is 606 Å². The zero-order valence-corrected chi connectivity index (χ0v) is 57.9. The van der Waals surface area contributed by atoms with E-state index in [1.165, 1.54) is 29.3 Å². The zero-order valence-electron chi connectivity index (χ0n) is 57.9. The Morgan fingerprint density at radius 3 is 1.39 bits per heavy atom. The van der Waals surface area contributed by atoms with Gasteiger partial charge in [0.05, 0.1) is 22.9 Å². The second-order valence-electron chi connectivity index (χ2n) is 25.9. The number of hydrazone groups is 3. The van der Waals surface area contributed by atoms with Gasteiger partial charge in [-0.05, 0) is 165 Å². The number of benzene rings is 4. The molecule has 3 fully saturated rings. The third-order valence-electron chi connectivity index (χ3n) is 18.1. The van der Waals surface area contributed by atoms with E-state index in [2.05, 4.69) is 147 Å². The third-order valence-corrected chi connectivity index (χ3v) is 18.1. The van der Waals surface area contributed by atoms with E-state index in [1.807, 2.05) is 36.9 Å². The molecule has 7 aliphatic rings. The lowest BCUT2D eigenvalue weighted by atomic mass is 9.89. The van der Waals surface area contributed by atoms with Gasteiger partial charge in [-0.1, -0.05) is 85.0 Å². The van der Waals surface area contributed by atoms with Crippen LogP contribution >= 0.6 is 0 Å². The largest absolute Gasteiger partial charge is 0.416 e. The van der Waals surface area contributed by atoms with Gasteiger partial charge in [0.25, 0.3) is 0 Å². The van der Waals surface area contributed by atoms with E-state index in [-0.39, 0.29) is 67.2 Å². The summed E-state index contributed by atoms with van der Waals surface area (Å²) in [4.78, 5) is 55.1. The van der Waals surface area contributed by atoms with Crippen LogP contribution in [-0.2, 0) is 44.6 Å². The molecule has 3 saturated heterocycles. The monoisotopic (exact) mass is 1460 g/mol. The van der Waals surface area contributed by atoms with E-state index < -0.39 is 35.2 Å². The highest BCUT2D eigenvalue weighted by molar-refractivity contribution is 6.11. The van der Waals surface area contributed by atoms with Gasteiger partial charge < -0.3 is 30.7 Å². The molecule has 8 heterocycles. The molecule has 6 N–H and O–H groups in total. The Balaban J connectivity index is 0.000000149. The van der Waals surface area contributed by atoms with Gasteiger partial charge in [-0.25, -0.2) is 16.3 Å². The summed E-state index contributed by atoms with van der Waals surface area (Å²) in [6, 6.07) is 23.8. The Bertz CT molecular complexity index is 4410. The van der Waals surface area contributed by atoms with Crippen LogP contribution in [0.25, 0.3) is 5.57 Å². The molecule has 23 nitrogen and oxygen atoms in total. The maximum absolute atomic E-state index is 13.1. The number of hydrogen-bond donors (Lipinski definition) is 6. The van der Waals surface area contributed by atoms with Gasteiger partial charge in [-0.2, -0.15) is 99.7 Å². The molecule has 2 unspecified atom stereocenters. The van der Waals surface area contributed by atoms with Crippen molar-refractivity contribution < 1.29 is 39.5 Å². The average Bonchev–Trinajstić information content (AvgIpc) is 1.12. The number of nitrogens with one attached hydrogen (secondary N) is 6. The average molecular weight is 1460 g/mol. The summed E-state index contributed by atoms with van der Waals surface area (Å²) < 4.78 is 118. The molecule has 3 aromatic heterocycles. The number of hydrogen-bond acceptors (Lipinski definition) is 23. The molecule has 7 aromatic rings. The molecule has 4 aromatic carbocycles. The Morgan fingerprint density at radius 2 is 0.925 bits per heavy atom. The van der Waals surface area contributed by atoms with E-state index >= 15 is 0 Å². The number of allylic oxidation sites excluding steroid dienone is 7. The first-order chi connectivity index (χ1) is 51.4. The van der Waals surface area contributed by atoms with Gasteiger partial charge in [0.1, 0.15) is 0 Å². The summed E-state index contributed by atoms with van der Waals surface area (Å²) in [5, 5.41) is 22.1. The molecular weight excluding hydrogens is 1380 g/mol. The second-order valence-corrected chi connectivity index (χ2v) is 25.9. The van der Waals surface area contributed by atoms with Crippen molar-refractivity contribution in [3.8, 4) is 0 Å². The molecule has 0 saturated carbocycles. The van der Waals surface area contributed by atoms with Crippen molar-refractivity contribution in [3.05, 3.63) is 183 Å². The van der Waals surface area contributed by atoms with Crippen LogP contribution in [0.5, 0.6) is 0 Å². The number of alkyl halides is 9. The number of piperidine rings is 3. The van der Waals surface area contributed by atoms with Gasteiger partial charge in [0.2, 0.25) is 53.5 Å². The summed E-state index contributed by atoms with van der Waals surface area (Å²) in [5.74, 6) is 3.42. The molecule has 2 aliphatic carbocycles. The van der Waals surface area contributed by atoms with Crippen LogP contribution in [0.2, 0.25) is 0 Å². The van der Waals surface area contributed by atoms with Gasteiger partial charge in [-0.15, -0.1) is 0 Å². The highest BCUT2D eigenvalue weighted by Gasteiger charge is 2.33. The SMILES string of the molecule is FC(F)(F)c1cccc(CNc2nc(N/N=C/C3=CCc4ccccc43)nc(N3CCCCC3)n2)c1.FC(F)(F)c1cccc(CNc2nc(N/N=C/C3C=CN=CC3)nc(N3CCCCC3)n2)c1.FC(F)(F)c1cccc(CNc2nc(N/N=C/C3CC=NC4=C3C=CCC4)nc(N3CCCCC3)n2)c1. The van der Waals surface area contributed by atoms with E-state index in [1.54, 1.807) is 36.8 Å². The summed E-state index contributed by atoms with van der Waals surface area (Å²) in [6.45, 7) is 5.45. The van der Waals surface area contributed by atoms with Gasteiger partial charge in [0.15, 0.2) is 0 Å². The fourth-order valence-corrected chi connectivity index (χ4v) is 12.6. The Kier molecular flexibility index (Phi) is 25.0. The van der Waals surface area contributed by atoms with Crippen molar-refractivity contribution in [2.24, 2.45) is 37.1 Å². The topological polar surface area (TPSA) is 260 Å². The minimum atomic E-state index is -4.39. The van der Waals surface area contributed by atoms with Crippen LogP contribution in [0.4, 0.5) is 93.0 Å². The van der Waals surface area contributed by atoms with Crippen LogP contribution in [0.15, 0.2) is 164 Å². The fraction of sp³-hybridized carbons (Fsp3) is 0.378. The van der Waals surface area contributed by atoms with E-state index in [0.29, 0.717) is 34.5 Å². The molecule has 554 valence electrons. The Morgan fingerprint density at radius 1 is 0.472 bits per heavy atom. The first-order valence-corrected chi connectivity index (χ1v) is 35.4. The van der Waals surface area contributed by atoms with Crippen LogP contribution < -0.4 is 46.9 Å². The highest BCUT2D eigenvalue weighted by atomic mass is 19.4. The molecule has 0 amide bonds. The standard InChI is InChI=1S/C26H29F3N8.C26H26F3N7.C22H25F3N8/c27-26(28,29)20-8-6-7-18(15-20)16-31-23-33-24(35-25(34-23)37-13-4-1-5-14-37)36-32-17-19-11-12-30-22-10-3-2-9-21(19)22;27-26(28,29)21-9-6-7-18(15-21)16-30-23-32-24(34-25(33-23)36-13-4-1-5-14-36)35-31-17-20-12-11-19-8-2-3-10-22(19)20;23-22(24,25)18-6-4-5-17(13-18)14-27-19-29-20(32-28-15-16-7-9-26-10-8-16)31-21(30-19)33-11-2-1-3-12-33/h2,6-9,12,15,17,19H,1,3-5,10-11,13-14,16H2,(H2,31,33,34,35,36);2-3,6-10,12,15,17H,1,4-5,11,13-14,16H2,(H2,30,32,33,34,35);4-7,9-10,13,15-16H,1-3,8,11-12,14H2,(H2,27,29,30,31,32)/b32-17+;31-17+;28-15+. The number of halogens is 9. The molecule has 5 aliphatic heterocycles. The lowest BCUT2D eigenvalue weighted by Gasteiger charge is -2.27. The molecular formula is C74H80F9N23. The summed E-state index contributed by atoms with van der Waals surface area (Å²) >= 11 is 0. The van der Waals surface area contributed by atoms with E-state index in [9.17, 15) is 39.5 Å². The molecule has 106 heavy (non-hydrogen) atoms. The molecule has 0 radical (unpaired) electrons. The van der Waals surface area contributed by atoms with E-state index in [4.69, 9.17) is 0 Å². The third kappa shape index (κ3) is 21.5. The molecule has 0 bridgehead atoms. The number of rotatable bonds is 21. The number of anilines is 9. The normalized spacial score (nSPS) is 18.0. The van der Waals surface area contributed by atoms with Gasteiger partial charge in [0, 0.05) is 107 Å². The zero-order chi connectivity index (χ0) is 73.7. The predicted octanol–water partition coefficient (Wildman–Crippen LogP) is 15.6. The number of aliphatic imine (C=N–C) groups is 2. The summed E-state index contributed by atoms with van der Waals surface area (Å²) in [5.41, 5.74) is 13.8. The fourth-order valence-electron chi connectivity index (χ4n) is 12.6. The van der Waals surface area contributed by atoms with Crippen molar-refractivity contribution in [1.82, 2.24) is 44.9 Å². The smallest absolute Gasteiger partial charge is 0.350 e. The second kappa shape index (κ2) is 35.5. The predicted molar refractivity (Wildman–Crippen MR) is 396 cm³/mol. The number of aromatic nitrogens is 9. The minimum Gasteiger partial charge on any atom is -0.350 e. The van der Waals surface area contributed by atoms with Crippen LogP contribution in [0, 0.1) is 11.8 Å². The molecule has 0 spiro atoms. The van der Waals surface area contributed by atoms with Crippen molar-refractivity contribution in [1.29, 1.82) is 0 Å². The van der Waals surface area contributed by atoms with E-state index in [0.717, 1.165) is 182 Å². The quantitative estimate of drug-likeness (QED) is 0.0222. The first kappa shape index (κ1) is 74.5. The van der Waals surface area contributed by atoms with Crippen LogP contribution in [0.1, 0.15) is 128 Å². The highest BCUT2D eigenvalue weighted by Crippen LogP contribution is 2.35. The Hall–Kier alpha value is -11.2. The molecule has 32 heteroatoms. The number of fused-ring (bicyclic) bond motifs is 1. The molecule has 2 atom stereocenters. The van der Waals surface area contributed by atoms with Gasteiger partial charge >= 0.3 is 18.5 Å². The maximum Gasteiger partial charge on any atom is 0.416 e. The lowest BCUT2D eigenvalue weighted by Crippen LogP contribution is -2.31.